The number of hydrogen-bond donors (Lipinski definition) is 1. The summed E-state index contributed by atoms with van der Waals surface area (Å²) in [4.78, 5) is 0. The zero-order valence-electron chi connectivity index (χ0n) is 14.7. The highest BCUT2D eigenvalue weighted by atomic mass is 28.4. The van der Waals surface area contributed by atoms with Crippen LogP contribution in [0.3, 0.4) is 0 Å². The summed E-state index contributed by atoms with van der Waals surface area (Å²) in [5, 5.41) is 19.5. The lowest BCUT2D eigenvalue weighted by Gasteiger charge is -2.39. The lowest BCUT2D eigenvalue weighted by molar-refractivity contribution is 0.0259. The van der Waals surface area contributed by atoms with E-state index in [1.54, 1.807) is 0 Å². The molecule has 0 spiro atoms. The number of hydrogen-bond acceptors (Lipinski definition) is 3. The van der Waals surface area contributed by atoms with Gasteiger partial charge in [0.25, 0.3) is 0 Å². The predicted molar refractivity (Wildman–Crippen MR) is 89.5 cm³/mol. The molecule has 0 aromatic carbocycles. The van der Waals surface area contributed by atoms with Crippen LogP contribution in [0.4, 0.5) is 0 Å². The van der Waals surface area contributed by atoms with Gasteiger partial charge in [-0.2, -0.15) is 5.26 Å². The second kappa shape index (κ2) is 6.81. The van der Waals surface area contributed by atoms with Crippen molar-refractivity contribution in [2.24, 2.45) is 5.41 Å². The van der Waals surface area contributed by atoms with Gasteiger partial charge in [0.15, 0.2) is 8.32 Å². The maximum absolute atomic E-state index is 10.5. The van der Waals surface area contributed by atoms with E-state index >= 15 is 0 Å². The first-order valence-corrected chi connectivity index (χ1v) is 11.2. The second-order valence-electron chi connectivity index (χ2n) is 8.44. The van der Waals surface area contributed by atoms with E-state index in [2.05, 4.69) is 46.9 Å². The van der Waals surface area contributed by atoms with Crippen LogP contribution in [0, 0.1) is 16.7 Å². The molecule has 0 radical (unpaired) electrons. The molecule has 4 heteroatoms. The van der Waals surface area contributed by atoms with E-state index in [9.17, 15) is 5.11 Å². The van der Waals surface area contributed by atoms with Gasteiger partial charge in [-0.25, -0.2) is 0 Å². The quantitative estimate of drug-likeness (QED) is 0.608. The molecule has 0 aromatic heterocycles. The number of nitrogens with zero attached hydrogens (tertiary/aromatic N) is 1. The molecule has 1 rings (SSSR count). The fourth-order valence-electron chi connectivity index (χ4n) is 2.84. The molecule has 1 N–H and O–H groups in total. The third-order valence-corrected chi connectivity index (χ3v) is 10.2. The highest BCUT2D eigenvalue weighted by molar-refractivity contribution is 6.74. The zero-order chi connectivity index (χ0) is 16.3. The van der Waals surface area contributed by atoms with Gasteiger partial charge in [-0.1, -0.05) is 27.7 Å². The van der Waals surface area contributed by atoms with Crippen molar-refractivity contribution in [3.05, 3.63) is 0 Å². The summed E-state index contributed by atoms with van der Waals surface area (Å²) >= 11 is 0. The van der Waals surface area contributed by atoms with Crippen molar-refractivity contribution in [1.82, 2.24) is 0 Å². The Morgan fingerprint density at radius 3 is 2.43 bits per heavy atom. The number of aliphatic hydroxyl groups excluding tert-OH is 1. The Hall–Kier alpha value is -0.373. The largest absolute Gasteiger partial charge is 0.414 e. The van der Waals surface area contributed by atoms with Gasteiger partial charge in [-0.05, 0) is 55.7 Å². The molecule has 1 fully saturated rings. The van der Waals surface area contributed by atoms with E-state index in [4.69, 9.17) is 9.69 Å². The van der Waals surface area contributed by atoms with Crippen LogP contribution in [0.1, 0.15) is 66.2 Å². The van der Waals surface area contributed by atoms with Gasteiger partial charge < -0.3 is 9.53 Å². The van der Waals surface area contributed by atoms with Gasteiger partial charge in [0.1, 0.15) is 0 Å². The first-order chi connectivity index (χ1) is 9.52. The first kappa shape index (κ1) is 18.7. The highest BCUT2D eigenvalue weighted by Crippen LogP contribution is 2.42. The molecule has 0 aromatic rings. The Morgan fingerprint density at radius 1 is 1.29 bits per heavy atom. The van der Waals surface area contributed by atoms with Crippen LogP contribution in [0.25, 0.3) is 0 Å². The molecular formula is C17H33NO2Si. The van der Waals surface area contributed by atoms with Gasteiger partial charge in [0.2, 0.25) is 0 Å². The molecule has 122 valence electrons. The summed E-state index contributed by atoms with van der Waals surface area (Å²) in [5.41, 5.74) is -0.124. The summed E-state index contributed by atoms with van der Waals surface area (Å²) in [6, 6.07) is 2.22. The van der Waals surface area contributed by atoms with Crippen molar-refractivity contribution in [3.63, 3.8) is 0 Å². The smallest absolute Gasteiger partial charge is 0.192 e. The van der Waals surface area contributed by atoms with Crippen molar-refractivity contribution in [2.75, 3.05) is 0 Å². The molecule has 1 aliphatic rings. The monoisotopic (exact) mass is 311 g/mol. The fraction of sp³-hybridized carbons (Fsp3) is 0.941. The van der Waals surface area contributed by atoms with Crippen LogP contribution in [0.2, 0.25) is 18.1 Å². The SMILES string of the molecule is CC(C)(C)[Si](C)(C)OC1CC[C@@H](O)[C@](C)(CCC#N)CC1. The highest BCUT2D eigenvalue weighted by Gasteiger charge is 2.41. The van der Waals surface area contributed by atoms with Gasteiger partial charge in [-0.3, -0.25) is 0 Å². The average Bonchev–Trinajstić information content (AvgIpc) is 2.49. The Balaban J connectivity index is 2.70. The lowest BCUT2D eigenvalue weighted by atomic mass is 9.76. The van der Waals surface area contributed by atoms with Crippen molar-refractivity contribution < 1.29 is 9.53 Å². The van der Waals surface area contributed by atoms with Gasteiger partial charge in [0.05, 0.1) is 12.2 Å². The number of nitriles is 1. The topological polar surface area (TPSA) is 53.2 Å². The Kier molecular flexibility index (Phi) is 6.05. The molecule has 1 unspecified atom stereocenters. The van der Waals surface area contributed by atoms with Gasteiger partial charge in [-0.15, -0.1) is 0 Å². The Morgan fingerprint density at radius 2 is 1.90 bits per heavy atom. The molecule has 0 bridgehead atoms. The van der Waals surface area contributed by atoms with E-state index in [1.165, 1.54) is 0 Å². The summed E-state index contributed by atoms with van der Waals surface area (Å²) in [5.74, 6) is 0. The average molecular weight is 312 g/mol. The summed E-state index contributed by atoms with van der Waals surface area (Å²) in [7, 11) is -1.74. The first-order valence-electron chi connectivity index (χ1n) is 8.25. The minimum atomic E-state index is -1.74. The minimum absolute atomic E-state index is 0.124. The van der Waals surface area contributed by atoms with E-state index in [0.717, 1.165) is 32.1 Å². The summed E-state index contributed by atoms with van der Waals surface area (Å²) in [6.07, 6.45) is 4.97. The van der Waals surface area contributed by atoms with Crippen molar-refractivity contribution in [2.45, 2.75) is 96.6 Å². The molecule has 3 nitrogen and oxygen atoms in total. The van der Waals surface area contributed by atoms with Crippen LogP contribution in [0.15, 0.2) is 0 Å². The maximum atomic E-state index is 10.5. The maximum Gasteiger partial charge on any atom is 0.192 e. The zero-order valence-corrected chi connectivity index (χ0v) is 15.7. The van der Waals surface area contributed by atoms with Crippen LogP contribution in [-0.4, -0.2) is 25.6 Å². The predicted octanol–water partition coefficient (Wildman–Crippen LogP) is 4.62. The van der Waals surface area contributed by atoms with Crippen LogP contribution in [-0.2, 0) is 4.43 Å². The number of rotatable bonds is 4. The van der Waals surface area contributed by atoms with E-state index in [-0.39, 0.29) is 22.7 Å². The standard InChI is InChI=1S/C17H33NO2Si/c1-16(2,3)21(5,6)20-14-8-9-15(19)17(4,12-10-14)11-7-13-18/h14-15,19H,7-12H2,1-6H3/t14?,15-,17-/m1/s1. The van der Waals surface area contributed by atoms with Crippen LogP contribution < -0.4 is 0 Å². The van der Waals surface area contributed by atoms with Crippen molar-refractivity contribution in [1.29, 1.82) is 5.26 Å². The minimum Gasteiger partial charge on any atom is -0.414 e. The molecular weight excluding hydrogens is 278 g/mol. The molecule has 21 heavy (non-hydrogen) atoms. The van der Waals surface area contributed by atoms with E-state index in [1.807, 2.05) is 0 Å². The van der Waals surface area contributed by atoms with Gasteiger partial charge in [0, 0.05) is 12.5 Å². The van der Waals surface area contributed by atoms with Crippen molar-refractivity contribution >= 4 is 8.32 Å². The van der Waals surface area contributed by atoms with Gasteiger partial charge >= 0.3 is 0 Å². The second-order valence-corrected chi connectivity index (χ2v) is 13.2. The third kappa shape index (κ3) is 4.80. The Labute approximate surface area is 131 Å². The van der Waals surface area contributed by atoms with E-state index in [0.29, 0.717) is 6.42 Å². The third-order valence-electron chi connectivity index (χ3n) is 5.68. The molecule has 3 atom stereocenters. The van der Waals surface area contributed by atoms with E-state index < -0.39 is 8.32 Å². The summed E-state index contributed by atoms with van der Waals surface area (Å²) < 4.78 is 6.53. The molecule has 0 amide bonds. The van der Waals surface area contributed by atoms with Crippen molar-refractivity contribution in [3.8, 4) is 6.07 Å². The van der Waals surface area contributed by atoms with Crippen LogP contribution >= 0.6 is 0 Å². The lowest BCUT2D eigenvalue weighted by Crippen LogP contribution is -2.43. The molecule has 1 aliphatic carbocycles. The number of aliphatic hydroxyl groups is 1. The molecule has 0 saturated heterocycles. The molecule has 1 saturated carbocycles. The fourth-order valence-corrected chi connectivity index (χ4v) is 4.26. The van der Waals surface area contributed by atoms with Crippen LogP contribution in [0.5, 0.6) is 0 Å². The Bertz CT molecular complexity index is 383. The summed E-state index contributed by atoms with van der Waals surface area (Å²) in [6.45, 7) is 13.5. The molecule has 0 heterocycles. The normalized spacial score (nSPS) is 31.5. The molecule has 0 aliphatic heterocycles.